The molecule has 0 aromatic heterocycles. The fraction of sp³-hybridized carbons (Fsp3) is 0.0357. The van der Waals surface area contributed by atoms with Crippen LogP contribution in [0.5, 0.6) is 0 Å². The second-order valence-corrected chi connectivity index (χ2v) is 17.5. The van der Waals surface area contributed by atoms with Crippen LogP contribution in [0.15, 0.2) is 127 Å². The zero-order chi connectivity index (χ0) is 22.5. The summed E-state index contributed by atoms with van der Waals surface area (Å²) < 4.78 is -3.33. The zero-order valence-electron chi connectivity index (χ0n) is 17.8. The summed E-state index contributed by atoms with van der Waals surface area (Å²) in [4.78, 5) is 0. The third-order valence-corrected chi connectivity index (χ3v) is 17.2. The minimum absolute atomic E-state index is 0.723. The summed E-state index contributed by atoms with van der Waals surface area (Å²) >= 11 is 2.62. The molecule has 1 N–H and O–H groups in total. The summed E-state index contributed by atoms with van der Waals surface area (Å²) in [6, 6.07) is 42.2. The molecule has 4 aromatic carbocycles. The Hall–Kier alpha value is -2.93. The third-order valence-electron chi connectivity index (χ3n) is 5.72. The molecule has 4 heteroatoms. The molecule has 0 unspecified atom stereocenters. The maximum atomic E-state index is 10.6. The van der Waals surface area contributed by atoms with Crippen molar-refractivity contribution in [3.8, 4) is 6.07 Å². The molecule has 0 saturated heterocycles. The number of nitrogens with zero attached hydrogens (tertiary/aromatic N) is 1. The molecule has 0 aliphatic heterocycles. The molecular formula is C28H24IN2P. The molecule has 0 bridgehead atoms. The number of hydrogen-bond acceptors (Lipinski definition) is 2. The molecule has 4 aromatic rings. The molecule has 0 saturated carbocycles. The second-order valence-electron chi connectivity index (χ2n) is 7.67. The van der Waals surface area contributed by atoms with Gasteiger partial charge in [0.1, 0.15) is 0 Å². The van der Waals surface area contributed by atoms with Crippen molar-refractivity contribution >= 4 is 47.9 Å². The second kappa shape index (κ2) is 9.28. The normalized spacial score (nSPS) is 12.9. The number of allylic oxidation sites excluding steroid dienone is 1. The fourth-order valence-electron chi connectivity index (χ4n) is 4.04. The Labute approximate surface area is 203 Å². The van der Waals surface area contributed by atoms with Crippen molar-refractivity contribution in [2.24, 2.45) is 0 Å². The maximum absolute atomic E-state index is 10.6. The Kier molecular flexibility index (Phi) is 6.46. The van der Waals surface area contributed by atoms with Gasteiger partial charge in [0, 0.05) is 0 Å². The van der Waals surface area contributed by atoms with Crippen molar-refractivity contribution in [3.63, 3.8) is 0 Å². The number of halogens is 1. The van der Waals surface area contributed by atoms with E-state index in [1.165, 1.54) is 5.56 Å². The molecule has 0 amide bonds. The Morgan fingerprint density at radius 2 is 1.12 bits per heavy atom. The SMILES string of the molecule is Cc1ccc(NC=C(C#N)P(I)(c2ccccc2)(c2ccccc2)c2ccccc2)cc1. The van der Waals surface area contributed by atoms with Gasteiger partial charge in [0.2, 0.25) is 0 Å². The van der Waals surface area contributed by atoms with Gasteiger partial charge < -0.3 is 0 Å². The summed E-state index contributed by atoms with van der Waals surface area (Å²) in [6.45, 7) is 2.07. The van der Waals surface area contributed by atoms with Crippen LogP contribution in [0.3, 0.4) is 0 Å². The zero-order valence-corrected chi connectivity index (χ0v) is 20.9. The molecule has 0 atom stereocenters. The van der Waals surface area contributed by atoms with Crippen molar-refractivity contribution < 1.29 is 0 Å². The van der Waals surface area contributed by atoms with Gasteiger partial charge >= 0.3 is 204 Å². The Morgan fingerprint density at radius 1 is 0.719 bits per heavy atom. The van der Waals surface area contributed by atoms with Crippen molar-refractivity contribution in [3.05, 3.63) is 132 Å². The van der Waals surface area contributed by atoms with Gasteiger partial charge in [-0.15, -0.1) is 0 Å². The fourth-order valence-corrected chi connectivity index (χ4v) is 12.1. The predicted octanol–water partition coefficient (Wildman–Crippen LogP) is 6.65. The molecule has 0 heterocycles. The number of benzene rings is 4. The summed E-state index contributed by atoms with van der Waals surface area (Å²) in [5.74, 6) is 0. The number of aryl methyl sites for hydroxylation is 1. The van der Waals surface area contributed by atoms with E-state index in [1.807, 2.05) is 36.5 Å². The van der Waals surface area contributed by atoms with Gasteiger partial charge in [-0.05, 0) is 0 Å². The molecule has 0 radical (unpaired) electrons. The Morgan fingerprint density at radius 3 is 1.50 bits per heavy atom. The van der Waals surface area contributed by atoms with E-state index < -0.39 is 4.25 Å². The molecule has 0 aliphatic carbocycles. The van der Waals surface area contributed by atoms with Gasteiger partial charge in [-0.1, -0.05) is 0 Å². The van der Waals surface area contributed by atoms with Crippen LogP contribution in [0.25, 0.3) is 0 Å². The quantitative estimate of drug-likeness (QED) is 0.167. The van der Waals surface area contributed by atoms with E-state index in [1.54, 1.807) is 0 Å². The first kappa shape index (κ1) is 22.3. The first-order valence-corrected chi connectivity index (χ1v) is 15.4. The summed E-state index contributed by atoms with van der Waals surface area (Å²) in [5, 5.41) is 18.2. The summed E-state index contributed by atoms with van der Waals surface area (Å²) in [5.41, 5.74) is 2.16. The summed E-state index contributed by atoms with van der Waals surface area (Å²) in [6.07, 6.45) is 1.90. The molecule has 32 heavy (non-hydrogen) atoms. The van der Waals surface area contributed by atoms with Gasteiger partial charge in [-0.2, -0.15) is 0 Å². The first-order valence-electron chi connectivity index (χ1n) is 10.4. The van der Waals surface area contributed by atoms with E-state index >= 15 is 0 Å². The van der Waals surface area contributed by atoms with Gasteiger partial charge in [-0.25, -0.2) is 0 Å². The van der Waals surface area contributed by atoms with E-state index in [-0.39, 0.29) is 0 Å². The molecule has 0 fully saturated rings. The average molecular weight is 546 g/mol. The third kappa shape index (κ3) is 3.75. The van der Waals surface area contributed by atoms with Gasteiger partial charge in [0.15, 0.2) is 0 Å². The van der Waals surface area contributed by atoms with Gasteiger partial charge in [0.25, 0.3) is 0 Å². The monoisotopic (exact) mass is 546 g/mol. The Balaban J connectivity index is 2.06. The van der Waals surface area contributed by atoms with Crippen LogP contribution in [0.4, 0.5) is 5.69 Å². The molecule has 0 spiro atoms. The predicted molar refractivity (Wildman–Crippen MR) is 148 cm³/mol. The standard InChI is InChI=1S/C28H24IN2P/c1-23-17-19-24(20-18-23)31-22-28(21-30)32(29,25-11-5-2-6-12-25,26-13-7-3-8-14-26)27-15-9-4-10-16-27/h2-20,22,31H,1H3. The van der Waals surface area contributed by atoms with E-state index in [4.69, 9.17) is 0 Å². The van der Waals surface area contributed by atoms with Crippen LogP contribution in [0, 0.1) is 18.3 Å². The number of hydrogen-bond donors (Lipinski definition) is 1. The topological polar surface area (TPSA) is 35.8 Å². The van der Waals surface area contributed by atoms with E-state index in [0.717, 1.165) is 26.9 Å². The van der Waals surface area contributed by atoms with Crippen LogP contribution in [0.2, 0.25) is 0 Å². The van der Waals surface area contributed by atoms with Crippen molar-refractivity contribution in [2.75, 3.05) is 5.32 Å². The van der Waals surface area contributed by atoms with Crippen LogP contribution in [0.1, 0.15) is 5.56 Å². The van der Waals surface area contributed by atoms with Crippen LogP contribution in [-0.4, -0.2) is 0 Å². The average Bonchev–Trinajstić information content (AvgIpc) is 2.87. The number of rotatable bonds is 6. The van der Waals surface area contributed by atoms with Gasteiger partial charge in [-0.3, -0.25) is 0 Å². The molecule has 158 valence electrons. The van der Waals surface area contributed by atoms with Crippen LogP contribution in [-0.2, 0) is 0 Å². The van der Waals surface area contributed by atoms with E-state index in [0.29, 0.717) is 0 Å². The minimum atomic E-state index is -3.33. The summed E-state index contributed by atoms with van der Waals surface area (Å²) in [7, 11) is 0. The van der Waals surface area contributed by atoms with Gasteiger partial charge in [0.05, 0.1) is 0 Å². The number of nitrogens with one attached hydrogen (secondary N) is 1. The van der Waals surface area contributed by atoms with E-state index in [2.05, 4.69) is 125 Å². The Bertz CT molecular complexity index is 1160. The molecule has 2 nitrogen and oxygen atoms in total. The first-order chi connectivity index (χ1) is 15.6. The number of nitriles is 1. The van der Waals surface area contributed by atoms with Crippen molar-refractivity contribution in [1.29, 1.82) is 5.26 Å². The van der Waals surface area contributed by atoms with E-state index in [9.17, 15) is 5.26 Å². The number of anilines is 1. The van der Waals surface area contributed by atoms with Crippen LogP contribution >= 0.6 is 26.3 Å². The van der Waals surface area contributed by atoms with Crippen molar-refractivity contribution in [1.82, 2.24) is 0 Å². The van der Waals surface area contributed by atoms with Crippen molar-refractivity contribution in [2.45, 2.75) is 6.92 Å². The molecule has 0 aliphatic rings. The molecular weight excluding hydrogens is 522 g/mol. The van der Waals surface area contributed by atoms with Crippen LogP contribution < -0.4 is 21.2 Å². The molecule has 4 rings (SSSR count).